The number of amides is 1. The zero-order valence-electron chi connectivity index (χ0n) is 13.8. The number of methoxy groups -OCH3 is 1. The van der Waals surface area contributed by atoms with Gasteiger partial charge in [-0.3, -0.25) is 4.79 Å². The number of carbonyl (C=O) groups excluding carboxylic acids is 2. The van der Waals surface area contributed by atoms with Gasteiger partial charge in [0.15, 0.2) is 0 Å². The van der Waals surface area contributed by atoms with Crippen LogP contribution in [0.4, 0.5) is 11.5 Å². The predicted molar refractivity (Wildman–Crippen MR) is 96.2 cm³/mol. The van der Waals surface area contributed by atoms with Crippen LogP contribution >= 0.6 is 11.6 Å². The largest absolute Gasteiger partial charge is 0.465 e. The summed E-state index contributed by atoms with van der Waals surface area (Å²) >= 11 is 6.08. The van der Waals surface area contributed by atoms with Crippen molar-refractivity contribution in [1.82, 2.24) is 9.97 Å². The standard InChI is InChI=1S/C17H17ClN4O3/c1-4-7-19-15-9-14(20-10(2)21-15)16(23)22-13-8-11(17(24)25-3)5-6-12(13)18/h4-6,8-9H,1,7H2,2-3H3,(H,22,23)(H,19,20,21). The molecular formula is C17H17ClN4O3. The summed E-state index contributed by atoms with van der Waals surface area (Å²) < 4.78 is 4.66. The van der Waals surface area contributed by atoms with Gasteiger partial charge >= 0.3 is 5.97 Å². The summed E-state index contributed by atoms with van der Waals surface area (Å²) in [6.07, 6.45) is 1.68. The van der Waals surface area contributed by atoms with E-state index in [1.54, 1.807) is 13.0 Å². The summed E-state index contributed by atoms with van der Waals surface area (Å²) in [5, 5.41) is 5.93. The van der Waals surface area contributed by atoms with Gasteiger partial charge in [0, 0.05) is 12.6 Å². The number of hydrogen-bond acceptors (Lipinski definition) is 6. The Morgan fingerprint density at radius 2 is 2.08 bits per heavy atom. The van der Waals surface area contributed by atoms with Crippen LogP contribution in [-0.2, 0) is 4.74 Å². The van der Waals surface area contributed by atoms with E-state index < -0.39 is 11.9 Å². The minimum absolute atomic E-state index is 0.165. The van der Waals surface area contributed by atoms with Crippen LogP contribution in [0.15, 0.2) is 36.9 Å². The monoisotopic (exact) mass is 360 g/mol. The molecule has 0 fully saturated rings. The van der Waals surface area contributed by atoms with Crippen LogP contribution in [0.25, 0.3) is 0 Å². The van der Waals surface area contributed by atoms with Crippen molar-refractivity contribution in [3.63, 3.8) is 0 Å². The first-order chi connectivity index (χ1) is 11.9. The molecule has 25 heavy (non-hydrogen) atoms. The molecule has 130 valence electrons. The summed E-state index contributed by atoms with van der Waals surface area (Å²) in [6, 6.07) is 5.97. The maximum Gasteiger partial charge on any atom is 0.337 e. The number of nitrogens with zero attached hydrogens (tertiary/aromatic N) is 2. The Labute approximate surface area is 150 Å². The molecule has 0 saturated heterocycles. The van der Waals surface area contributed by atoms with Crippen LogP contribution < -0.4 is 10.6 Å². The van der Waals surface area contributed by atoms with Crippen molar-refractivity contribution in [1.29, 1.82) is 0 Å². The maximum absolute atomic E-state index is 12.5. The number of benzene rings is 1. The van der Waals surface area contributed by atoms with Crippen molar-refractivity contribution in [3.8, 4) is 0 Å². The van der Waals surface area contributed by atoms with E-state index in [1.807, 2.05) is 0 Å². The first-order valence-electron chi connectivity index (χ1n) is 7.34. The zero-order valence-corrected chi connectivity index (χ0v) is 14.6. The normalized spacial score (nSPS) is 10.0. The summed E-state index contributed by atoms with van der Waals surface area (Å²) in [5.41, 5.74) is 0.722. The molecule has 2 rings (SSSR count). The minimum Gasteiger partial charge on any atom is -0.465 e. The summed E-state index contributed by atoms with van der Waals surface area (Å²) in [6.45, 7) is 5.80. The molecule has 0 saturated carbocycles. The zero-order chi connectivity index (χ0) is 18.4. The van der Waals surface area contributed by atoms with Gasteiger partial charge in [-0.1, -0.05) is 17.7 Å². The van der Waals surface area contributed by atoms with Crippen LogP contribution in [0.2, 0.25) is 5.02 Å². The van der Waals surface area contributed by atoms with E-state index in [2.05, 4.69) is 31.9 Å². The molecule has 0 bridgehead atoms. The minimum atomic E-state index is -0.527. The van der Waals surface area contributed by atoms with Crippen LogP contribution in [0.1, 0.15) is 26.7 Å². The first-order valence-corrected chi connectivity index (χ1v) is 7.72. The molecule has 2 aromatic rings. The molecule has 0 aliphatic heterocycles. The van der Waals surface area contributed by atoms with Gasteiger partial charge < -0.3 is 15.4 Å². The van der Waals surface area contributed by atoms with E-state index in [0.29, 0.717) is 18.2 Å². The van der Waals surface area contributed by atoms with E-state index in [4.69, 9.17) is 11.6 Å². The van der Waals surface area contributed by atoms with E-state index in [-0.39, 0.29) is 22.0 Å². The highest BCUT2D eigenvalue weighted by Crippen LogP contribution is 2.24. The molecule has 2 N–H and O–H groups in total. The third-order valence-electron chi connectivity index (χ3n) is 3.13. The molecule has 0 aliphatic carbocycles. The highest BCUT2D eigenvalue weighted by molar-refractivity contribution is 6.34. The number of hydrogen-bond donors (Lipinski definition) is 2. The lowest BCUT2D eigenvalue weighted by atomic mass is 10.2. The SMILES string of the molecule is C=CCNc1cc(C(=O)Nc2cc(C(=O)OC)ccc2Cl)nc(C)n1. The van der Waals surface area contributed by atoms with Gasteiger partial charge in [-0.25, -0.2) is 14.8 Å². The number of aryl methyl sites for hydroxylation is 1. The Hall–Kier alpha value is -2.93. The molecule has 0 aliphatic rings. The fourth-order valence-corrected chi connectivity index (χ4v) is 2.17. The molecule has 0 unspecified atom stereocenters. The number of halogens is 1. The number of esters is 1. The first kappa shape index (κ1) is 18.4. The van der Waals surface area contributed by atoms with Crippen LogP contribution in [0, 0.1) is 6.92 Å². The number of rotatable bonds is 6. The Morgan fingerprint density at radius 3 is 2.76 bits per heavy atom. The van der Waals surface area contributed by atoms with E-state index in [0.717, 1.165) is 0 Å². The van der Waals surface area contributed by atoms with Crippen LogP contribution in [-0.4, -0.2) is 35.5 Å². The average Bonchev–Trinajstić information content (AvgIpc) is 2.60. The number of nitrogens with one attached hydrogen (secondary N) is 2. The Kier molecular flexibility index (Phi) is 6.08. The Bertz CT molecular complexity index is 824. The highest BCUT2D eigenvalue weighted by Gasteiger charge is 2.14. The van der Waals surface area contributed by atoms with Crippen molar-refractivity contribution < 1.29 is 14.3 Å². The van der Waals surface area contributed by atoms with Gasteiger partial charge in [-0.2, -0.15) is 0 Å². The van der Waals surface area contributed by atoms with Gasteiger partial charge in [-0.05, 0) is 25.1 Å². The van der Waals surface area contributed by atoms with E-state index >= 15 is 0 Å². The molecule has 1 amide bonds. The smallest absolute Gasteiger partial charge is 0.337 e. The fraction of sp³-hybridized carbons (Fsp3) is 0.176. The lowest BCUT2D eigenvalue weighted by Gasteiger charge is -2.10. The average molecular weight is 361 g/mol. The molecule has 7 nitrogen and oxygen atoms in total. The van der Waals surface area contributed by atoms with Crippen molar-refractivity contribution in [3.05, 3.63) is 59.0 Å². The van der Waals surface area contributed by atoms with Crippen molar-refractivity contribution in [2.45, 2.75) is 6.92 Å². The third kappa shape index (κ3) is 4.77. The molecule has 0 radical (unpaired) electrons. The van der Waals surface area contributed by atoms with Gasteiger partial charge in [0.1, 0.15) is 17.3 Å². The lowest BCUT2D eigenvalue weighted by Crippen LogP contribution is -2.16. The number of aromatic nitrogens is 2. The molecule has 8 heteroatoms. The molecule has 0 atom stereocenters. The number of anilines is 2. The van der Waals surface area contributed by atoms with E-state index in [1.165, 1.54) is 31.4 Å². The Balaban J connectivity index is 2.26. The molecule has 1 heterocycles. The van der Waals surface area contributed by atoms with Crippen molar-refractivity contribution >= 4 is 35.0 Å². The van der Waals surface area contributed by atoms with Crippen LogP contribution in [0.5, 0.6) is 0 Å². The summed E-state index contributed by atoms with van der Waals surface area (Å²) in [7, 11) is 1.27. The van der Waals surface area contributed by atoms with Gasteiger partial charge in [0.05, 0.1) is 23.4 Å². The number of ether oxygens (including phenoxy) is 1. The van der Waals surface area contributed by atoms with Gasteiger partial charge in [0.25, 0.3) is 5.91 Å². The second-order valence-electron chi connectivity index (χ2n) is 5.00. The van der Waals surface area contributed by atoms with Gasteiger partial charge in [-0.15, -0.1) is 6.58 Å². The van der Waals surface area contributed by atoms with Crippen molar-refractivity contribution in [2.75, 3.05) is 24.3 Å². The Morgan fingerprint density at radius 1 is 1.32 bits per heavy atom. The summed E-state index contributed by atoms with van der Waals surface area (Å²) in [4.78, 5) is 32.4. The second kappa shape index (κ2) is 8.25. The molecular weight excluding hydrogens is 344 g/mol. The van der Waals surface area contributed by atoms with Crippen LogP contribution in [0.3, 0.4) is 0 Å². The predicted octanol–water partition coefficient (Wildman–Crippen LogP) is 3.08. The molecule has 1 aromatic carbocycles. The second-order valence-corrected chi connectivity index (χ2v) is 5.40. The van der Waals surface area contributed by atoms with E-state index in [9.17, 15) is 9.59 Å². The van der Waals surface area contributed by atoms with Gasteiger partial charge in [0.2, 0.25) is 0 Å². The summed E-state index contributed by atoms with van der Waals surface area (Å²) in [5.74, 6) is -0.0578. The quantitative estimate of drug-likeness (QED) is 0.607. The third-order valence-corrected chi connectivity index (χ3v) is 3.46. The fourth-order valence-electron chi connectivity index (χ4n) is 2.00. The maximum atomic E-state index is 12.5. The van der Waals surface area contributed by atoms with Crippen molar-refractivity contribution in [2.24, 2.45) is 0 Å². The topological polar surface area (TPSA) is 93.2 Å². The molecule has 1 aromatic heterocycles. The highest BCUT2D eigenvalue weighted by atomic mass is 35.5. The molecule has 0 spiro atoms. The lowest BCUT2D eigenvalue weighted by molar-refractivity contribution is 0.0600. The number of carbonyl (C=O) groups is 2.